The molecule has 1 unspecified atom stereocenters. The van der Waals surface area contributed by atoms with Gasteiger partial charge in [0, 0.05) is 53.9 Å². The molecule has 32 heavy (non-hydrogen) atoms. The Balaban J connectivity index is 1.69. The van der Waals surface area contributed by atoms with E-state index >= 15 is 0 Å². The maximum atomic E-state index is 14.4. The third-order valence-electron chi connectivity index (χ3n) is 5.38. The summed E-state index contributed by atoms with van der Waals surface area (Å²) in [7, 11) is -2.41. The van der Waals surface area contributed by atoms with Crippen LogP contribution in [0.3, 0.4) is 0 Å². The first-order chi connectivity index (χ1) is 15.1. The molecule has 0 radical (unpaired) electrons. The Kier molecular flexibility index (Phi) is 5.47. The smallest absolute Gasteiger partial charge is 0.227 e. The molecule has 3 aromatic rings. The quantitative estimate of drug-likeness (QED) is 0.510. The van der Waals surface area contributed by atoms with Crippen molar-refractivity contribution >= 4 is 27.3 Å². The van der Waals surface area contributed by atoms with Crippen LogP contribution in [0.4, 0.5) is 21.8 Å². The number of benzene rings is 1. The van der Waals surface area contributed by atoms with Gasteiger partial charge in [-0.1, -0.05) is 6.92 Å². The zero-order valence-electron chi connectivity index (χ0n) is 17.7. The Hall–Kier alpha value is -3.31. The molecular formula is C21H22FN5O4S. The molecule has 9 nitrogen and oxygen atoms in total. The number of aliphatic hydroxyl groups is 1. The summed E-state index contributed by atoms with van der Waals surface area (Å²) < 4.78 is 43.2. The number of methoxy groups -OCH3 is 1. The maximum Gasteiger partial charge on any atom is 0.227 e. The number of aliphatic hydroxyl groups excluding tert-OH is 1. The maximum absolute atomic E-state index is 14.4. The number of aromatic nitrogens is 3. The average molecular weight is 460 g/mol. The van der Waals surface area contributed by atoms with Gasteiger partial charge in [-0.25, -0.2) is 27.8 Å². The van der Waals surface area contributed by atoms with Crippen LogP contribution in [0.1, 0.15) is 12.5 Å². The summed E-state index contributed by atoms with van der Waals surface area (Å²) in [4.78, 5) is 12.6. The molecule has 3 heterocycles. The summed E-state index contributed by atoms with van der Waals surface area (Å²) >= 11 is 0. The lowest BCUT2D eigenvalue weighted by atomic mass is 9.85. The predicted octanol–water partition coefficient (Wildman–Crippen LogP) is 2.51. The zero-order valence-corrected chi connectivity index (χ0v) is 18.5. The molecule has 0 saturated carbocycles. The summed E-state index contributed by atoms with van der Waals surface area (Å²) in [6.45, 7) is 2.51. The number of hydrogen-bond acceptors (Lipinski definition) is 9. The van der Waals surface area contributed by atoms with Crippen molar-refractivity contribution < 1.29 is 22.7 Å². The van der Waals surface area contributed by atoms with E-state index in [-0.39, 0.29) is 24.0 Å². The van der Waals surface area contributed by atoms with Crippen LogP contribution in [0.5, 0.6) is 5.75 Å². The fraction of sp³-hybridized carbons (Fsp3) is 0.286. The van der Waals surface area contributed by atoms with Crippen molar-refractivity contribution in [1.82, 2.24) is 15.0 Å². The van der Waals surface area contributed by atoms with Crippen LogP contribution in [0.2, 0.25) is 0 Å². The minimum atomic E-state index is -3.76. The molecule has 0 amide bonds. The van der Waals surface area contributed by atoms with E-state index in [1.54, 1.807) is 12.3 Å². The summed E-state index contributed by atoms with van der Waals surface area (Å²) in [5, 5.41) is 15.9. The number of halogens is 1. The van der Waals surface area contributed by atoms with E-state index in [0.29, 0.717) is 12.2 Å². The molecule has 0 saturated heterocycles. The van der Waals surface area contributed by atoms with Gasteiger partial charge in [-0.05, 0) is 12.1 Å². The molecule has 1 aliphatic heterocycles. The summed E-state index contributed by atoms with van der Waals surface area (Å²) in [5.74, 6) is 0.107. The van der Waals surface area contributed by atoms with Crippen molar-refractivity contribution in [2.75, 3.05) is 37.2 Å². The molecular weight excluding hydrogens is 437 g/mol. The Morgan fingerprint density at radius 3 is 2.78 bits per heavy atom. The highest BCUT2D eigenvalue weighted by atomic mass is 32.2. The van der Waals surface area contributed by atoms with E-state index in [1.165, 1.54) is 13.3 Å². The number of nitrogens with zero attached hydrogens (tertiary/aromatic N) is 3. The highest BCUT2D eigenvalue weighted by molar-refractivity contribution is 7.90. The van der Waals surface area contributed by atoms with Gasteiger partial charge < -0.3 is 20.5 Å². The molecule has 1 atom stereocenters. The first-order valence-electron chi connectivity index (χ1n) is 9.68. The van der Waals surface area contributed by atoms with E-state index in [1.807, 2.05) is 13.0 Å². The number of anilines is 3. The van der Waals surface area contributed by atoms with Gasteiger partial charge >= 0.3 is 0 Å². The minimum absolute atomic E-state index is 0.0243. The number of fused-ring (bicyclic) bond motifs is 1. The van der Waals surface area contributed by atoms with E-state index in [4.69, 9.17) is 4.74 Å². The van der Waals surface area contributed by atoms with Crippen LogP contribution in [0.15, 0.2) is 41.6 Å². The normalized spacial score (nSPS) is 17.5. The van der Waals surface area contributed by atoms with Crippen LogP contribution in [0, 0.1) is 5.82 Å². The Morgan fingerprint density at radius 2 is 2.09 bits per heavy atom. The Bertz CT molecular complexity index is 1300. The van der Waals surface area contributed by atoms with Crippen LogP contribution in [0.25, 0.3) is 11.3 Å². The molecule has 0 aliphatic carbocycles. The van der Waals surface area contributed by atoms with E-state index < -0.39 is 26.0 Å². The molecule has 1 aliphatic rings. The summed E-state index contributed by atoms with van der Waals surface area (Å²) in [5.41, 5.74) is 1.92. The van der Waals surface area contributed by atoms with Gasteiger partial charge in [0.15, 0.2) is 9.84 Å². The predicted molar refractivity (Wildman–Crippen MR) is 118 cm³/mol. The Morgan fingerprint density at radius 1 is 1.31 bits per heavy atom. The van der Waals surface area contributed by atoms with Gasteiger partial charge in [-0.2, -0.15) is 0 Å². The van der Waals surface area contributed by atoms with Crippen LogP contribution < -0.4 is 15.4 Å². The molecule has 168 valence electrons. The zero-order chi connectivity index (χ0) is 23.1. The molecule has 0 fully saturated rings. The topological polar surface area (TPSA) is 126 Å². The van der Waals surface area contributed by atoms with Gasteiger partial charge in [-0.3, -0.25) is 0 Å². The molecule has 4 rings (SSSR count). The standard InChI is InChI=1S/C21H22FN5O4S/c1-21(11-28)10-25-19-13(21)6-12(9-24-19)15-4-5-23-20(26-15)27-16-7-14(22)18(32(3,29)30)8-17(16)31-2/h4-9,28H,10-11H2,1-3H3,(H,24,25)(H,23,26,27). The van der Waals surface area contributed by atoms with Gasteiger partial charge in [0.05, 0.1) is 25.1 Å². The first-order valence-corrected chi connectivity index (χ1v) is 11.6. The van der Waals surface area contributed by atoms with Crippen molar-refractivity contribution in [2.24, 2.45) is 0 Å². The van der Waals surface area contributed by atoms with Crippen molar-refractivity contribution in [3.05, 3.63) is 48.0 Å². The third kappa shape index (κ3) is 3.96. The van der Waals surface area contributed by atoms with Crippen molar-refractivity contribution in [1.29, 1.82) is 0 Å². The first kappa shape index (κ1) is 21.9. The summed E-state index contributed by atoms with van der Waals surface area (Å²) in [6.07, 6.45) is 4.13. The average Bonchev–Trinajstić information content (AvgIpc) is 3.10. The molecule has 11 heteroatoms. The number of sulfone groups is 1. The number of nitrogens with one attached hydrogen (secondary N) is 2. The van der Waals surface area contributed by atoms with E-state index in [9.17, 15) is 17.9 Å². The Labute approximate surface area is 184 Å². The molecule has 0 spiro atoms. The fourth-order valence-electron chi connectivity index (χ4n) is 3.51. The van der Waals surface area contributed by atoms with Crippen LogP contribution in [-0.2, 0) is 15.3 Å². The second-order valence-corrected chi connectivity index (χ2v) is 9.82. The van der Waals surface area contributed by atoms with Crippen molar-refractivity contribution in [3.63, 3.8) is 0 Å². The second-order valence-electron chi connectivity index (χ2n) is 7.84. The van der Waals surface area contributed by atoms with Gasteiger partial charge in [0.2, 0.25) is 5.95 Å². The number of rotatable bonds is 6. The van der Waals surface area contributed by atoms with E-state index in [0.717, 1.165) is 35.3 Å². The van der Waals surface area contributed by atoms with Gasteiger partial charge in [0.25, 0.3) is 0 Å². The van der Waals surface area contributed by atoms with Gasteiger partial charge in [0.1, 0.15) is 22.3 Å². The highest BCUT2D eigenvalue weighted by Crippen LogP contribution is 2.37. The lowest BCUT2D eigenvalue weighted by Crippen LogP contribution is -2.28. The second kappa shape index (κ2) is 7.99. The molecule has 3 N–H and O–H groups in total. The monoisotopic (exact) mass is 459 g/mol. The highest BCUT2D eigenvalue weighted by Gasteiger charge is 2.35. The van der Waals surface area contributed by atoms with Crippen LogP contribution >= 0.6 is 0 Å². The van der Waals surface area contributed by atoms with Crippen molar-refractivity contribution in [2.45, 2.75) is 17.2 Å². The summed E-state index contributed by atoms with van der Waals surface area (Å²) in [6, 6.07) is 5.77. The SMILES string of the molecule is COc1cc(S(C)(=O)=O)c(F)cc1Nc1nccc(-c2cnc3c(c2)C(C)(CO)CN3)n1. The lowest BCUT2D eigenvalue weighted by molar-refractivity contribution is 0.218. The molecule has 2 aromatic heterocycles. The largest absolute Gasteiger partial charge is 0.495 e. The lowest BCUT2D eigenvalue weighted by Gasteiger charge is -2.20. The molecule has 0 bridgehead atoms. The number of ether oxygens (including phenoxy) is 1. The van der Waals surface area contributed by atoms with E-state index in [2.05, 4.69) is 25.6 Å². The third-order valence-corrected chi connectivity index (χ3v) is 6.50. The van der Waals surface area contributed by atoms with Gasteiger partial charge in [-0.15, -0.1) is 0 Å². The number of pyridine rings is 1. The minimum Gasteiger partial charge on any atom is -0.495 e. The van der Waals surface area contributed by atoms with Crippen LogP contribution in [-0.4, -0.2) is 55.0 Å². The molecule has 1 aromatic carbocycles. The van der Waals surface area contributed by atoms with Crippen molar-refractivity contribution in [3.8, 4) is 17.0 Å². The fourth-order valence-corrected chi connectivity index (χ4v) is 4.24. The number of hydrogen-bond donors (Lipinski definition) is 3.